The Morgan fingerprint density at radius 1 is 0.912 bits per heavy atom. The fraction of sp³-hybridized carbons (Fsp3) is 0.346. The number of pyridine rings is 1. The van der Waals surface area contributed by atoms with Crippen LogP contribution in [0.2, 0.25) is 0 Å². The van der Waals surface area contributed by atoms with Gasteiger partial charge in [-0.2, -0.15) is 0 Å². The predicted molar refractivity (Wildman–Crippen MR) is 142 cm³/mol. The molecule has 0 saturated carbocycles. The third kappa shape index (κ3) is 5.93. The molecule has 1 fully saturated rings. The van der Waals surface area contributed by atoms with E-state index in [0.29, 0.717) is 5.69 Å². The minimum absolute atomic E-state index is 0.110. The van der Waals surface area contributed by atoms with Gasteiger partial charge in [-0.25, -0.2) is 4.98 Å². The van der Waals surface area contributed by atoms with Gasteiger partial charge in [0.15, 0.2) is 0 Å². The van der Waals surface area contributed by atoms with Crippen molar-refractivity contribution in [2.45, 2.75) is 26.7 Å². The van der Waals surface area contributed by atoms with E-state index in [1.807, 2.05) is 43.3 Å². The molecule has 1 aliphatic heterocycles. The summed E-state index contributed by atoms with van der Waals surface area (Å²) < 4.78 is 0.957. The molecule has 0 aliphatic carbocycles. The minimum atomic E-state index is -0.193. The van der Waals surface area contributed by atoms with Crippen molar-refractivity contribution in [2.24, 2.45) is 0 Å². The third-order valence-corrected chi connectivity index (χ3v) is 6.65. The van der Waals surface area contributed by atoms with Crippen LogP contribution < -0.4 is 15.5 Å². The second-order valence-electron chi connectivity index (χ2n) is 8.88. The number of carbonyl (C=O) groups is 2. The summed E-state index contributed by atoms with van der Waals surface area (Å²) in [4.78, 5) is 34.3. The molecule has 3 aromatic rings. The highest BCUT2D eigenvalue weighted by atomic mass is 79.9. The van der Waals surface area contributed by atoms with Crippen LogP contribution in [0.3, 0.4) is 0 Å². The maximum absolute atomic E-state index is 12.5. The lowest BCUT2D eigenvalue weighted by molar-refractivity contribution is -0.121. The maximum Gasteiger partial charge on any atom is 0.224 e. The number of anilines is 3. The number of aryl methyl sites for hydroxylation is 2. The molecule has 1 aromatic heterocycles. The number of carbonyl (C=O) groups excluding carboxylic acids is 2. The van der Waals surface area contributed by atoms with Crippen molar-refractivity contribution in [3.63, 3.8) is 0 Å². The topological polar surface area (TPSA) is 77.6 Å². The number of nitrogens with zero attached hydrogens (tertiary/aromatic N) is 3. The third-order valence-electron chi connectivity index (χ3n) is 6.15. The number of nitrogens with one attached hydrogen (secondary N) is 2. The Balaban J connectivity index is 1.36. The number of benzene rings is 2. The lowest BCUT2D eigenvalue weighted by Gasteiger charge is -2.33. The summed E-state index contributed by atoms with van der Waals surface area (Å²) in [5.74, 6) is 0.624. The van der Waals surface area contributed by atoms with Crippen LogP contribution in [0.25, 0.3) is 10.9 Å². The highest BCUT2D eigenvalue weighted by Gasteiger charge is 2.17. The number of hydrogen-bond acceptors (Lipinski definition) is 5. The largest absolute Gasteiger partial charge is 0.354 e. The Bertz CT molecular complexity index is 1220. The summed E-state index contributed by atoms with van der Waals surface area (Å²) in [5.41, 5.74) is 4.46. The molecule has 2 amide bonds. The first-order valence-corrected chi connectivity index (χ1v) is 12.3. The number of halogens is 1. The number of hydrogen-bond donors (Lipinski definition) is 2. The van der Waals surface area contributed by atoms with Gasteiger partial charge in [-0.3, -0.25) is 9.59 Å². The number of likely N-dealkylation sites (N-methyl/N-ethyl adjacent to an activating group) is 1. The zero-order valence-corrected chi connectivity index (χ0v) is 21.4. The predicted octanol–water partition coefficient (Wildman–Crippen LogP) is 4.72. The van der Waals surface area contributed by atoms with Crippen molar-refractivity contribution in [3.05, 3.63) is 58.1 Å². The number of fused-ring (bicyclic) bond motifs is 1. The number of piperazine rings is 1. The lowest BCUT2D eigenvalue weighted by Crippen LogP contribution is -2.44. The zero-order chi connectivity index (χ0) is 24.2. The van der Waals surface area contributed by atoms with Gasteiger partial charge < -0.3 is 20.4 Å². The van der Waals surface area contributed by atoms with Gasteiger partial charge in [0.05, 0.1) is 5.52 Å². The first kappa shape index (κ1) is 24.2. The minimum Gasteiger partial charge on any atom is -0.354 e. The fourth-order valence-corrected chi connectivity index (χ4v) is 4.56. The van der Waals surface area contributed by atoms with Gasteiger partial charge in [-0.15, -0.1) is 0 Å². The van der Waals surface area contributed by atoms with Gasteiger partial charge in [0.25, 0.3) is 0 Å². The molecule has 0 radical (unpaired) electrons. The van der Waals surface area contributed by atoms with E-state index < -0.39 is 0 Å². The van der Waals surface area contributed by atoms with Gasteiger partial charge in [0.2, 0.25) is 11.8 Å². The average molecular weight is 524 g/mol. The molecule has 4 rings (SSSR count). The van der Waals surface area contributed by atoms with Crippen molar-refractivity contribution in [1.29, 1.82) is 0 Å². The Morgan fingerprint density at radius 3 is 2.32 bits per heavy atom. The standard InChI is InChI=1S/C26H30BrN5O2/c1-17-15-24(32-12-10-31(3)11-13-32)29-23-7-5-20(16-21(17)23)28-25(33)8-9-26(34)30-22-6-4-19(27)14-18(22)2/h4-7,14-16H,8-13H2,1-3H3,(H,28,33)(H,30,34). The Labute approximate surface area is 208 Å². The summed E-state index contributed by atoms with van der Waals surface area (Å²) in [6, 6.07) is 13.5. The van der Waals surface area contributed by atoms with E-state index in [-0.39, 0.29) is 24.7 Å². The van der Waals surface area contributed by atoms with Crippen LogP contribution in [0.5, 0.6) is 0 Å². The van der Waals surface area contributed by atoms with Crippen LogP contribution in [0.15, 0.2) is 46.9 Å². The van der Waals surface area contributed by atoms with E-state index in [9.17, 15) is 9.59 Å². The van der Waals surface area contributed by atoms with Gasteiger partial charge >= 0.3 is 0 Å². The molecule has 2 heterocycles. The molecule has 0 atom stereocenters. The summed E-state index contributed by atoms with van der Waals surface area (Å²) in [5, 5.41) is 6.79. The van der Waals surface area contributed by atoms with E-state index in [4.69, 9.17) is 4.98 Å². The molecule has 0 unspecified atom stereocenters. The second-order valence-corrected chi connectivity index (χ2v) is 9.79. The fourth-order valence-electron chi connectivity index (χ4n) is 4.08. The molecule has 2 aromatic carbocycles. The molecular weight excluding hydrogens is 494 g/mol. The van der Waals surface area contributed by atoms with Gasteiger partial charge in [0, 0.05) is 60.3 Å². The molecule has 0 spiro atoms. The van der Waals surface area contributed by atoms with Crippen molar-refractivity contribution in [3.8, 4) is 0 Å². The van der Waals surface area contributed by atoms with Crippen LogP contribution >= 0.6 is 15.9 Å². The highest BCUT2D eigenvalue weighted by Crippen LogP contribution is 2.26. The SMILES string of the molecule is Cc1cc(Br)ccc1NC(=O)CCC(=O)Nc1ccc2nc(N3CCN(C)CC3)cc(C)c2c1. The average Bonchev–Trinajstić information content (AvgIpc) is 2.80. The molecule has 1 saturated heterocycles. The summed E-state index contributed by atoms with van der Waals surface area (Å²) in [7, 11) is 2.14. The van der Waals surface area contributed by atoms with Crippen LogP contribution in [0.4, 0.5) is 17.2 Å². The monoisotopic (exact) mass is 523 g/mol. The first-order valence-electron chi connectivity index (χ1n) is 11.5. The van der Waals surface area contributed by atoms with Crippen molar-refractivity contribution in [1.82, 2.24) is 9.88 Å². The summed E-state index contributed by atoms with van der Waals surface area (Å²) in [6.07, 6.45) is 0.225. The number of aromatic nitrogens is 1. The zero-order valence-electron chi connectivity index (χ0n) is 19.8. The first-order chi connectivity index (χ1) is 16.3. The molecular formula is C26H30BrN5O2. The highest BCUT2D eigenvalue weighted by molar-refractivity contribution is 9.10. The van der Waals surface area contributed by atoms with Crippen molar-refractivity contribution >= 4 is 55.8 Å². The Morgan fingerprint density at radius 2 is 1.62 bits per heavy atom. The summed E-state index contributed by atoms with van der Waals surface area (Å²) in [6.45, 7) is 8.01. The maximum atomic E-state index is 12.5. The Kier molecular flexibility index (Phi) is 7.48. The summed E-state index contributed by atoms with van der Waals surface area (Å²) >= 11 is 3.41. The van der Waals surface area contributed by atoms with E-state index >= 15 is 0 Å². The normalized spacial score (nSPS) is 14.3. The van der Waals surface area contributed by atoms with E-state index in [0.717, 1.165) is 64.2 Å². The van der Waals surface area contributed by atoms with Crippen LogP contribution in [-0.2, 0) is 9.59 Å². The molecule has 2 N–H and O–H groups in total. The van der Waals surface area contributed by atoms with E-state index in [1.165, 1.54) is 0 Å². The van der Waals surface area contributed by atoms with Crippen LogP contribution in [-0.4, -0.2) is 54.9 Å². The van der Waals surface area contributed by atoms with E-state index in [2.05, 4.69) is 56.4 Å². The smallest absolute Gasteiger partial charge is 0.224 e. The van der Waals surface area contributed by atoms with Crippen LogP contribution in [0.1, 0.15) is 24.0 Å². The molecule has 178 valence electrons. The van der Waals surface area contributed by atoms with Gasteiger partial charge in [-0.1, -0.05) is 15.9 Å². The molecule has 0 bridgehead atoms. The van der Waals surface area contributed by atoms with Crippen LogP contribution in [0, 0.1) is 13.8 Å². The van der Waals surface area contributed by atoms with Gasteiger partial charge in [-0.05, 0) is 74.5 Å². The molecule has 1 aliphatic rings. The second kappa shape index (κ2) is 10.5. The quantitative estimate of drug-likeness (QED) is 0.488. The lowest BCUT2D eigenvalue weighted by atomic mass is 10.1. The number of rotatable bonds is 6. The van der Waals surface area contributed by atoms with E-state index in [1.54, 1.807) is 0 Å². The van der Waals surface area contributed by atoms with Crippen molar-refractivity contribution < 1.29 is 9.59 Å². The number of amides is 2. The molecule has 34 heavy (non-hydrogen) atoms. The van der Waals surface area contributed by atoms with Crippen molar-refractivity contribution in [2.75, 3.05) is 48.8 Å². The Hall–Kier alpha value is -2.97. The molecule has 7 nitrogen and oxygen atoms in total. The van der Waals surface area contributed by atoms with Gasteiger partial charge in [0.1, 0.15) is 5.82 Å². The molecule has 8 heteroatoms.